The number of aryl methyl sites for hydroxylation is 1. The van der Waals surface area contributed by atoms with E-state index in [1.165, 1.54) is 0 Å². The molecule has 0 radical (unpaired) electrons. The molecule has 1 fully saturated rings. The quantitative estimate of drug-likeness (QED) is 0.204. The van der Waals surface area contributed by atoms with Crippen molar-refractivity contribution in [3.05, 3.63) is 53.7 Å². The molecular weight excluding hydrogens is 643 g/mol. The van der Waals surface area contributed by atoms with E-state index >= 15 is 0 Å². The van der Waals surface area contributed by atoms with E-state index in [2.05, 4.69) is 78.7 Å². The molecule has 0 spiro atoms. The number of anilines is 5. The topological polar surface area (TPSA) is 128 Å². The second-order valence-corrected chi connectivity index (χ2v) is 14.0. The summed E-state index contributed by atoms with van der Waals surface area (Å²) >= 11 is 3.62. The van der Waals surface area contributed by atoms with Crippen molar-refractivity contribution < 1.29 is 9.47 Å². The number of halogens is 1. The lowest BCUT2D eigenvalue weighted by atomic mass is 10.1. The van der Waals surface area contributed by atoms with Crippen LogP contribution in [0.5, 0.6) is 5.88 Å². The zero-order valence-corrected chi connectivity index (χ0v) is 27.9. The van der Waals surface area contributed by atoms with E-state index in [1.54, 1.807) is 30.4 Å². The minimum Gasteiger partial charge on any atom is -0.479 e. The van der Waals surface area contributed by atoms with E-state index in [4.69, 9.17) is 19.4 Å². The molecule has 44 heavy (non-hydrogen) atoms. The van der Waals surface area contributed by atoms with Crippen LogP contribution in [0.4, 0.5) is 29.0 Å². The summed E-state index contributed by atoms with van der Waals surface area (Å²) in [4.78, 5) is 25.7. The van der Waals surface area contributed by atoms with E-state index in [0.717, 1.165) is 43.4 Å². The van der Waals surface area contributed by atoms with Crippen LogP contribution in [0.15, 0.2) is 53.7 Å². The van der Waals surface area contributed by atoms with Gasteiger partial charge >= 0.3 is 0 Å². The van der Waals surface area contributed by atoms with Gasteiger partial charge in [0.2, 0.25) is 11.8 Å². The Hall–Kier alpha value is -3.93. The van der Waals surface area contributed by atoms with Gasteiger partial charge in [-0.3, -0.25) is 14.6 Å². The molecule has 1 aromatic carbocycles. The van der Waals surface area contributed by atoms with Gasteiger partial charge in [-0.2, -0.15) is 15.1 Å². The third-order valence-electron chi connectivity index (χ3n) is 7.20. The number of ether oxygens (including phenoxy) is 2. The fourth-order valence-electron chi connectivity index (χ4n) is 5.44. The minimum atomic E-state index is -0.498. The SMILES string of the molecule is COc1nc(N2CC(C)OC(C)C2)c(-c2cnn(C)c2)cc1Nc1ncc(Br)c(Nc2ccc3nccnc3c2P(C)C)n1. The Labute approximate surface area is 265 Å². The second kappa shape index (κ2) is 12.6. The van der Waals surface area contributed by atoms with Gasteiger partial charge in [-0.05, 0) is 61.3 Å². The van der Waals surface area contributed by atoms with E-state index in [9.17, 15) is 0 Å². The third kappa shape index (κ3) is 6.17. The molecule has 0 bridgehead atoms. The van der Waals surface area contributed by atoms with Crippen LogP contribution in [0.1, 0.15) is 13.8 Å². The number of methoxy groups -OCH3 is 1. The van der Waals surface area contributed by atoms with Gasteiger partial charge < -0.3 is 25.0 Å². The molecule has 5 heterocycles. The van der Waals surface area contributed by atoms with Gasteiger partial charge in [-0.25, -0.2) is 4.98 Å². The molecule has 0 saturated carbocycles. The summed E-state index contributed by atoms with van der Waals surface area (Å²) < 4.78 is 14.3. The number of benzene rings is 1. The summed E-state index contributed by atoms with van der Waals surface area (Å²) in [5.41, 5.74) is 5.16. The smallest absolute Gasteiger partial charge is 0.239 e. The summed E-state index contributed by atoms with van der Waals surface area (Å²) in [7, 11) is 3.01. The first-order chi connectivity index (χ1) is 21.2. The lowest BCUT2D eigenvalue weighted by Crippen LogP contribution is -2.46. The van der Waals surface area contributed by atoms with E-state index in [0.29, 0.717) is 36.4 Å². The predicted octanol–water partition coefficient (Wildman–Crippen LogP) is 5.45. The molecule has 2 N–H and O–H groups in total. The van der Waals surface area contributed by atoms with Gasteiger partial charge in [-0.15, -0.1) is 0 Å². The van der Waals surface area contributed by atoms with Crippen LogP contribution in [-0.2, 0) is 11.8 Å². The molecule has 1 saturated heterocycles. The molecule has 1 aliphatic rings. The number of nitrogens with zero attached hydrogens (tertiary/aromatic N) is 8. The van der Waals surface area contributed by atoms with Crippen molar-refractivity contribution in [3.8, 4) is 17.0 Å². The first-order valence-electron chi connectivity index (χ1n) is 14.2. The number of hydrogen-bond donors (Lipinski definition) is 2. The highest BCUT2D eigenvalue weighted by atomic mass is 79.9. The largest absolute Gasteiger partial charge is 0.479 e. The highest BCUT2D eigenvalue weighted by Gasteiger charge is 2.27. The average Bonchev–Trinajstić information content (AvgIpc) is 3.43. The summed E-state index contributed by atoms with van der Waals surface area (Å²) in [6, 6.07) is 6.01. The van der Waals surface area contributed by atoms with Crippen molar-refractivity contribution in [2.24, 2.45) is 7.05 Å². The summed E-state index contributed by atoms with van der Waals surface area (Å²) in [5, 5.41) is 12.4. The van der Waals surface area contributed by atoms with Crippen molar-refractivity contribution in [3.63, 3.8) is 0 Å². The molecule has 12 nitrogen and oxygen atoms in total. The van der Waals surface area contributed by atoms with Crippen LogP contribution in [-0.4, -0.2) is 80.4 Å². The number of aromatic nitrogens is 7. The van der Waals surface area contributed by atoms with Gasteiger partial charge in [0, 0.05) is 67.0 Å². The first kappa shape index (κ1) is 30.1. The molecule has 14 heteroatoms. The molecule has 1 aliphatic heterocycles. The lowest BCUT2D eigenvalue weighted by Gasteiger charge is -2.37. The van der Waals surface area contributed by atoms with Gasteiger partial charge in [0.15, 0.2) is 0 Å². The van der Waals surface area contributed by atoms with Crippen LogP contribution < -0.4 is 25.6 Å². The van der Waals surface area contributed by atoms with Crippen LogP contribution >= 0.6 is 23.9 Å². The van der Waals surface area contributed by atoms with Crippen LogP contribution in [0.3, 0.4) is 0 Å². The Morgan fingerprint density at radius 1 is 1.00 bits per heavy atom. The van der Waals surface area contributed by atoms with E-state index in [-0.39, 0.29) is 12.2 Å². The standard InChI is InChI=1S/C30H34BrN10O2P/c1-17-14-41(15-18(2)43-17)28-20(19-12-35-40(3)16-19)11-24(29(39-28)42-4)37-30-34-13-21(31)27(38-30)36-23-8-7-22-25(26(23)44(5)6)33-10-9-32-22/h7-13,16-18H,14-15H2,1-6H3,(H2,34,36,37,38). The number of fused-ring (bicyclic) bond motifs is 1. The van der Waals surface area contributed by atoms with Crippen molar-refractivity contribution in [1.82, 2.24) is 34.7 Å². The van der Waals surface area contributed by atoms with Crippen molar-refractivity contribution >= 4 is 69.1 Å². The minimum absolute atomic E-state index is 0.0697. The zero-order valence-electron chi connectivity index (χ0n) is 25.4. The normalized spacial score (nSPS) is 16.9. The Morgan fingerprint density at radius 2 is 1.77 bits per heavy atom. The maximum absolute atomic E-state index is 5.99. The van der Waals surface area contributed by atoms with Crippen LogP contribution in [0.25, 0.3) is 22.2 Å². The highest BCUT2D eigenvalue weighted by molar-refractivity contribution is 9.10. The molecule has 6 rings (SSSR count). The Bertz CT molecular complexity index is 1810. The molecular formula is C30H34BrN10O2P. The molecule has 4 aromatic heterocycles. The molecule has 228 valence electrons. The monoisotopic (exact) mass is 676 g/mol. The Morgan fingerprint density at radius 3 is 2.48 bits per heavy atom. The van der Waals surface area contributed by atoms with Gasteiger partial charge in [0.1, 0.15) is 17.3 Å². The zero-order chi connectivity index (χ0) is 31.0. The van der Waals surface area contributed by atoms with Crippen LogP contribution in [0, 0.1) is 0 Å². The highest BCUT2D eigenvalue weighted by Crippen LogP contribution is 2.39. The van der Waals surface area contributed by atoms with E-state index in [1.807, 2.05) is 37.6 Å². The molecule has 2 atom stereocenters. The molecule has 5 aromatic rings. The molecule has 0 amide bonds. The molecule has 2 unspecified atom stereocenters. The van der Waals surface area contributed by atoms with Crippen molar-refractivity contribution in [2.75, 3.05) is 49.1 Å². The maximum Gasteiger partial charge on any atom is 0.239 e. The predicted molar refractivity (Wildman–Crippen MR) is 179 cm³/mol. The number of pyridine rings is 1. The fourth-order valence-corrected chi connectivity index (χ4v) is 6.93. The summed E-state index contributed by atoms with van der Waals surface area (Å²) in [6.07, 6.45) is 9.10. The third-order valence-corrected chi connectivity index (χ3v) is 9.13. The Kier molecular flexibility index (Phi) is 8.61. The number of rotatable bonds is 8. The lowest BCUT2D eigenvalue weighted by molar-refractivity contribution is -0.00544. The number of nitrogens with one attached hydrogen (secondary N) is 2. The average molecular weight is 678 g/mol. The van der Waals surface area contributed by atoms with Crippen molar-refractivity contribution in [2.45, 2.75) is 26.1 Å². The number of hydrogen-bond acceptors (Lipinski definition) is 11. The van der Waals surface area contributed by atoms with Gasteiger partial charge in [0.05, 0.1) is 41.0 Å². The first-order valence-corrected chi connectivity index (χ1v) is 17.2. The second-order valence-electron chi connectivity index (χ2n) is 10.9. The van der Waals surface area contributed by atoms with Crippen molar-refractivity contribution in [1.29, 1.82) is 0 Å². The van der Waals surface area contributed by atoms with Crippen LogP contribution in [0.2, 0.25) is 0 Å². The number of morpholine rings is 1. The van der Waals surface area contributed by atoms with Gasteiger partial charge in [0.25, 0.3) is 0 Å². The maximum atomic E-state index is 5.99. The fraction of sp³-hybridized carbons (Fsp3) is 0.333. The summed E-state index contributed by atoms with van der Waals surface area (Å²) in [6.45, 7) is 9.98. The van der Waals surface area contributed by atoms with Gasteiger partial charge in [-0.1, -0.05) is 7.92 Å². The van der Waals surface area contributed by atoms with E-state index < -0.39 is 7.92 Å². The molecule has 0 aliphatic carbocycles. The Balaban J connectivity index is 1.37. The summed E-state index contributed by atoms with van der Waals surface area (Å²) in [5.74, 6) is 2.23.